The van der Waals surface area contributed by atoms with Gasteiger partial charge in [-0.15, -0.1) is 0 Å². The molecule has 0 aliphatic rings. The number of amides is 1. The standard InChI is InChI=1S/C9H20N2O3/c1-4-13-5-6-14-8(7(2)3)9(12)11-10/h7-8H,4-6,10H2,1-3H3,(H,11,12). The fourth-order valence-electron chi connectivity index (χ4n) is 1.03. The summed E-state index contributed by atoms with van der Waals surface area (Å²) in [5.74, 6) is 4.83. The minimum Gasteiger partial charge on any atom is -0.379 e. The van der Waals surface area contributed by atoms with Crippen LogP contribution < -0.4 is 11.3 Å². The van der Waals surface area contributed by atoms with Crippen LogP contribution in [0.3, 0.4) is 0 Å². The SMILES string of the molecule is CCOCCOC(C(=O)NN)C(C)C. The number of ether oxygens (including phenoxy) is 2. The Kier molecular flexibility index (Phi) is 7.37. The molecule has 1 atom stereocenters. The quantitative estimate of drug-likeness (QED) is 0.266. The molecule has 0 aromatic rings. The van der Waals surface area contributed by atoms with Crippen molar-refractivity contribution in [1.29, 1.82) is 0 Å². The number of hydrazine groups is 1. The Morgan fingerprint density at radius 3 is 2.50 bits per heavy atom. The van der Waals surface area contributed by atoms with Gasteiger partial charge in [0.1, 0.15) is 6.10 Å². The van der Waals surface area contributed by atoms with Gasteiger partial charge >= 0.3 is 0 Å². The van der Waals surface area contributed by atoms with Crippen molar-refractivity contribution >= 4 is 5.91 Å². The summed E-state index contributed by atoms with van der Waals surface area (Å²) in [6.07, 6.45) is -0.500. The third-order valence-electron chi connectivity index (χ3n) is 1.74. The molecule has 84 valence electrons. The number of hydrogen-bond donors (Lipinski definition) is 2. The molecule has 0 heterocycles. The first-order valence-corrected chi connectivity index (χ1v) is 4.83. The van der Waals surface area contributed by atoms with Gasteiger partial charge in [-0.2, -0.15) is 0 Å². The summed E-state index contributed by atoms with van der Waals surface area (Å²) in [5.41, 5.74) is 2.08. The first kappa shape index (κ1) is 13.4. The van der Waals surface area contributed by atoms with E-state index >= 15 is 0 Å². The highest BCUT2D eigenvalue weighted by Gasteiger charge is 2.21. The largest absolute Gasteiger partial charge is 0.379 e. The molecule has 5 nitrogen and oxygen atoms in total. The van der Waals surface area contributed by atoms with Crippen LogP contribution >= 0.6 is 0 Å². The highest BCUT2D eigenvalue weighted by Crippen LogP contribution is 2.06. The Hall–Kier alpha value is -0.650. The van der Waals surface area contributed by atoms with E-state index in [-0.39, 0.29) is 11.8 Å². The van der Waals surface area contributed by atoms with Crippen molar-refractivity contribution < 1.29 is 14.3 Å². The lowest BCUT2D eigenvalue weighted by Gasteiger charge is -2.19. The summed E-state index contributed by atoms with van der Waals surface area (Å²) in [4.78, 5) is 11.2. The van der Waals surface area contributed by atoms with E-state index in [1.807, 2.05) is 20.8 Å². The molecule has 0 saturated carbocycles. The summed E-state index contributed by atoms with van der Waals surface area (Å²) in [7, 11) is 0. The first-order valence-electron chi connectivity index (χ1n) is 4.83. The van der Waals surface area contributed by atoms with E-state index in [9.17, 15) is 4.79 Å². The van der Waals surface area contributed by atoms with Gasteiger partial charge in [0.2, 0.25) is 0 Å². The monoisotopic (exact) mass is 204 g/mol. The van der Waals surface area contributed by atoms with Crippen LogP contribution in [-0.2, 0) is 14.3 Å². The maximum absolute atomic E-state index is 11.2. The lowest BCUT2D eigenvalue weighted by molar-refractivity contribution is -0.136. The van der Waals surface area contributed by atoms with Crippen molar-refractivity contribution in [2.75, 3.05) is 19.8 Å². The zero-order valence-electron chi connectivity index (χ0n) is 9.08. The van der Waals surface area contributed by atoms with Crippen LogP contribution in [0.5, 0.6) is 0 Å². The molecule has 0 aliphatic heterocycles. The molecule has 0 bridgehead atoms. The van der Waals surface area contributed by atoms with Gasteiger partial charge < -0.3 is 9.47 Å². The molecule has 14 heavy (non-hydrogen) atoms. The molecular weight excluding hydrogens is 184 g/mol. The predicted octanol–water partition coefficient (Wildman–Crippen LogP) is 0.0540. The molecule has 0 radical (unpaired) electrons. The number of nitrogens with two attached hydrogens (primary N) is 1. The Morgan fingerprint density at radius 2 is 2.07 bits per heavy atom. The second-order valence-electron chi connectivity index (χ2n) is 3.24. The van der Waals surface area contributed by atoms with Crippen LogP contribution in [0.4, 0.5) is 0 Å². The third kappa shape index (κ3) is 5.16. The van der Waals surface area contributed by atoms with Gasteiger partial charge in [-0.3, -0.25) is 10.2 Å². The Bertz CT molecular complexity index is 162. The van der Waals surface area contributed by atoms with Crippen LogP contribution in [-0.4, -0.2) is 31.8 Å². The van der Waals surface area contributed by atoms with Crippen LogP contribution in [0.15, 0.2) is 0 Å². The van der Waals surface area contributed by atoms with Gasteiger partial charge in [0.15, 0.2) is 0 Å². The summed E-state index contributed by atoms with van der Waals surface area (Å²) >= 11 is 0. The Labute approximate surface area is 84.9 Å². The van der Waals surface area contributed by atoms with E-state index in [4.69, 9.17) is 15.3 Å². The molecule has 0 spiro atoms. The molecule has 0 aliphatic carbocycles. The summed E-state index contributed by atoms with van der Waals surface area (Å²) in [5, 5.41) is 0. The van der Waals surface area contributed by atoms with Crippen molar-refractivity contribution in [1.82, 2.24) is 5.43 Å². The van der Waals surface area contributed by atoms with E-state index < -0.39 is 6.10 Å². The van der Waals surface area contributed by atoms with Gasteiger partial charge in [-0.1, -0.05) is 13.8 Å². The number of hydrogen-bond acceptors (Lipinski definition) is 4. The summed E-state index contributed by atoms with van der Waals surface area (Å²) < 4.78 is 10.4. The number of carbonyl (C=O) groups excluding carboxylic acids is 1. The molecule has 0 fully saturated rings. The molecule has 1 amide bonds. The molecule has 1 unspecified atom stereocenters. The minimum atomic E-state index is -0.500. The van der Waals surface area contributed by atoms with Gasteiger partial charge in [-0.25, -0.2) is 5.84 Å². The third-order valence-corrected chi connectivity index (χ3v) is 1.74. The molecule has 0 saturated heterocycles. The lowest BCUT2D eigenvalue weighted by Crippen LogP contribution is -2.43. The van der Waals surface area contributed by atoms with Crippen molar-refractivity contribution in [3.05, 3.63) is 0 Å². The zero-order chi connectivity index (χ0) is 11.0. The van der Waals surface area contributed by atoms with Gasteiger partial charge in [-0.05, 0) is 12.8 Å². The highest BCUT2D eigenvalue weighted by atomic mass is 16.5. The number of nitrogens with one attached hydrogen (secondary N) is 1. The fraction of sp³-hybridized carbons (Fsp3) is 0.889. The molecule has 3 N–H and O–H groups in total. The average Bonchev–Trinajstić information content (AvgIpc) is 2.16. The lowest BCUT2D eigenvalue weighted by atomic mass is 10.1. The first-order chi connectivity index (χ1) is 6.63. The van der Waals surface area contributed by atoms with Gasteiger partial charge in [0.05, 0.1) is 13.2 Å². The van der Waals surface area contributed by atoms with Crippen molar-refractivity contribution in [2.24, 2.45) is 11.8 Å². The second-order valence-corrected chi connectivity index (χ2v) is 3.24. The normalized spacial score (nSPS) is 12.9. The number of carbonyl (C=O) groups is 1. The topological polar surface area (TPSA) is 73.6 Å². The zero-order valence-corrected chi connectivity index (χ0v) is 9.08. The minimum absolute atomic E-state index is 0.0974. The maximum atomic E-state index is 11.2. The average molecular weight is 204 g/mol. The van der Waals surface area contributed by atoms with Gasteiger partial charge in [0, 0.05) is 6.61 Å². The molecular formula is C9H20N2O3. The maximum Gasteiger partial charge on any atom is 0.263 e. The van der Waals surface area contributed by atoms with E-state index in [1.54, 1.807) is 0 Å². The van der Waals surface area contributed by atoms with Crippen LogP contribution in [0.25, 0.3) is 0 Å². The Balaban J connectivity index is 3.80. The molecule has 0 aromatic heterocycles. The van der Waals surface area contributed by atoms with E-state index in [1.165, 1.54) is 0 Å². The Morgan fingerprint density at radius 1 is 1.43 bits per heavy atom. The summed E-state index contributed by atoms with van der Waals surface area (Å²) in [6.45, 7) is 7.27. The summed E-state index contributed by atoms with van der Waals surface area (Å²) in [6, 6.07) is 0. The van der Waals surface area contributed by atoms with Crippen LogP contribution in [0.2, 0.25) is 0 Å². The van der Waals surface area contributed by atoms with Crippen molar-refractivity contribution in [2.45, 2.75) is 26.9 Å². The van der Waals surface area contributed by atoms with Crippen molar-refractivity contribution in [3.63, 3.8) is 0 Å². The van der Waals surface area contributed by atoms with Gasteiger partial charge in [0.25, 0.3) is 5.91 Å². The smallest absolute Gasteiger partial charge is 0.263 e. The fourth-order valence-corrected chi connectivity index (χ4v) is 1.03. The molecule has 0 rings (SSSR count). The van der Waals surface area contributed by atoms with E-state index in [2.05, 4.69) is 5.43 Å². The predicted molar refractivity (Wildman–Crippen MR) is 53.4 cm³/mol. The highest BCUT2D eigenvalue weighted by molar-refractivity contribution is 5.80. The molecule has 0 aromatic carbocycles. The van der Waals surface area contributed by atoms with Crippen LogP contribution in [0, 0.1) is 5.92 Å². The second kappa shape index (κ2) is 7.73. The van der Waals surface area contributed by atoms with E-state index in [0.717, 1.165) is 0 Å². The number of rotatable bonds is 7. The molecule has 5 heteroatoms. The van der Waals surface area contributed by atoms with E-state index in [0.29, 0.717) is 19.8 Å². The van der Waals surface area contributed by atoms with Crippen LogP contribution in [0.1, 0.15) is 20.8 Å². The van der Waals surface area contributed by atoms with Crippen molar-refractivity contribution in [3.8, 4) is 0 Å².